The molecule has 0 saturated heterocycles. The topological polar surface area (TPSA) is 66.4 Å². The van der Waals surface area contributed by atoms with Gasteiger partial charge in [0.25, 0.3) is 0 Å². The van der Waals surface area contributed by atoms with Crippen molar-refractivity contribution >= 4 is 17.6 Å². The molecule has 0 aromatic heterocycles. The number of anilines is 1. The number of para-hydroxylation sites is 1. The van der Waals surface area contributed by atoms with Crippen molar-refractivity contribution in [2.45, 2.75) is 11.8 Å². The second-order valence-corrected chi connectivity index (χ2v) is 6.32. The van der Waals surface area contributed by atoms with Crippen molar-refractivity contribution in [1.82, 2.24) is 0 Å². The van der Waals surface area contributed by atoms with E-state index in [4.69, 9.17) is 0 Å². The Hall–Kier alpha value is -3.40. The van der Waals surface area contributed by atoms with E-state index in [1.807, 2.05) is 60.7 Å². The smallest absolute Gasteiger partial charge is 0.312 e. The number of benzene rings is 3. The van der Waals surface area contributed by atoms with Gasteiger partial charge >= 0.3 is 5.97 Å². The van der Waals surface area contributed by atoms with Gasteiger partial charge in [0.15, 0.2) is 0 Å². The molecule has 26 heavy (non-hydrogen) atoms. The maximum atomic E-state index is 13.1. The van der Waals surface area contributed by atoms with E-state index in [9.17, 15) is 14.7 Å². The van der Waals surface area contributed by atoms with E-state index in [0.717, 1.165) is 16.7 Å². The number of nitrogens with one attached hydrogen (secondary N) is 1. The van der Waals surface area contributed by atoms with Crippen LogP contribution in [-0.2, 0) is 9.59 Å². The minimum absolute atomic E-state index is 0.314. The summed E-state index contributed by atoms with van der Waals surface area (Å²) in [4.78, 5) is 25.2. The van der Waals surface area contributed by atoms with Crippen LogP contribution >= 0.6 is 0 Å². The van der Waals surface area contributed by atoms with Gasteiger partial charge in [-0.05, 0) is 34.4 Å². The number of amides is 1. The second-order valence-electron chi connectivity index (χ2n) is 6.32. The molecule has 1 aliphatic rings. The van der Waals surface area contributed by atoms with E-state index in [0.29, 0.717) is 11.3 Å². The quantitative estimate of drug-likeness (QED) is 0.747. The first kappa shape index (κ1) is 16.1. The van der Waals surface area contributed by atoms with Crippen LogP contribution in [0, 0.1) is 0 Å². The average molecular weight is 343 g/mol. The van der Waals surface area contributed by atoms with Gasteiger partial charge in [0.2, 0.25) is 5.91 Å². The Morgan fingerprint density at radius 1 is 0.692 bits per heavy atom. The summed E-state index contributed by atoms with van der Waals surface area (Å²) in [5, 5.41) is 12.8. The van der Waals surface area contributed by atoms with Crippen LogP contribution in [0.2, 0.25) is 0 Å². The van der Waals surface area contributed by atoms with Crippen molar-refractivity contribution in [2.75, 3.05) is 5.32 Å². The average Bonchev–Trinajstić information content (AvgIpc) is 2.67. The zero-order chi connectivity index (χ0) is 18.1. The van der Waals surface area contributed by atoms with Crippen LogP contribution < -0.4 is 5.32 Å². The number of fused-ring (bicyclic) bond motifs is 3. The van der Waals surface area contributed by atoms with Crippen molar-refractivity contribution in [3.8, 4) is 11.1 Å². The Bertz CT molecular complexity index is 981. The molecule has 0 saturated carbocycles. The van der Waals surface area contributed by atoms with Gasteiger partial charge in [0.1, 0.15) is 0 Å². The summed E-state index contributed by atoms with van der Waals surface area (Å²) in [6.07, 6.45) is 0. The molecule has 3 aromatic rings. The molecule has 0 heterocycles. The minimum atomic E-state index is -1.000. The van der Waals surface area contributed by atoms with Crippen LogP contribution in [-0.4, -0.2) is 17.0 Å². The highest BCUT2D eigenvalue weighted by Gasteiger charge is 2.42. The van der Waals surface area contributed by atoms with Gasteiger partial charge in [-0.3, -0.25) is 9.59 Å². The van der Waals surface area contributed by atoms with Crippen LogP contribution in [0.3, 0.4) is 0 Å². The lowest BCUT2D eigenvalue weighted by molar-refractivity contribution is -0.141. The molecule has 0 unspecified atom stereocenters. The summed E-state index contributed by atoms with van der Waals surface area (Å²) in [6.45, 7) is 0. The van der Waals surface area contributed by atoms with Gasteiger partial charge < -0.3 is 10.4 Å². The molecule has 1 aliphatic carbocycles. The van der Waals surface area contributed by atoms with Gasteiger partial charge in [-0.25, -0.2) is 0 Å². The van der Waals surface area contributed by atoms with E-state index in [2.05, 4.69) is 5.32 Å². The number of carbonyl (C=O) groups excluding carboxylic acids is 1. The third-order valence-corrected chi connectivity index (χ3v) is 4.81. The number of carboxylic acids is 1. The first-order valence-electron chi connectivity index (χ1n) is 8.44. The molecule has 3 aromatic carbocycles. The maximum Gasteiger partial charge on any atom is 0.312 e. The Morgan fingerprint density at radius 2 is 1.19 bits per heavy atom. The van der Waals surface area contributed by atoms with Gasteiger partial charge in [0.05, 0.1) is 11.8 Å². The number of carboxylic acid groups (broad SMARTS) is 1. The van der Waals surface area contributed by atoms with Crippen LogP contribution in [0.25, 0.3) is 11.1 Å². The molecule has 4 rings (SSSR count). The van der Waals surface area contributed by atoms with Crippen molar-refractivity contribution in [3.63, 3.8) is 0 Å². The number of carbonyl (C=O) groups is 2. The predicted octanol–water partition coefficient (Wildman–Crippen LogP) is 4.26. The standard InChI is InChI=1S/C22H17NO3/c24-21(23-14-8-2-1-3-9-14)19-17-12-6-4-10-15(17)16-11-5-7-13-18(16)20(19)22(25)26/h1-13,19-20H,(H,23,24)(H,25,26)/t19-,20+/m1/s1. The van der Waals surface area contributed by atoms with Crippen LogP contribution in [0.15, 0.2) is 78.9 Å². The molecule has 2 atom stereocenters. The van der Waals surface area contributed by atoms with E-state index in [1.54, 1.807) is 18.2 Å². The Balaban J connectivity index is 1.84. The van der Waals surface area contributed by atoms with Crippen LogP contribution in [0.1, 0.15) is 23.0 Å². The summed E-state index contributed by atoms with van der Waals surface area (Å²) in [7, 11) is 0. The first-order chi connectivity index (χ1) is 12.7. The number of rotatable bonds is 3. The highest BCUT2D eigenvalue weighted by Crippen LogP contribution is 2.47. The lowest BCUT2D eigenvalue weighted by Gasteiger charge is -2.32. The fraction of sp³-hybridized carbons (Fsp3) is 0.0909. The SMILES string of the molecule is O=C(Nc1ccccc1)[C@@H]1c2ccccc2-c2ccccc2[C@@H]1C(=O)O. The molecule has 128 valence electrons. The summed E-state index contributed by atoms with van der Waals surface area (Å²) >= 11 is 0. The lowest BCUT2D eigenvalue weighted by Crippen LogP contribution is -2.33. The van der Waals surface area contributed by atoms with Gasteiger partial charge in [-0.1, -0.05) is 66.7 Å². The van der Waals surface area contributed by atoms with Gasteiger partial charge in [0, 0.05) is 5.69 Å². The zero-order valence-corrected chi connectivity index (χ0v) is 13.9. The third-order valence-electron chi connectivity index (χ3n) is 4.81. The highest BCUT2D eigenvalue weighted by atomic mass is 16.4. The molecule has 2 N–H and O–H groups in total. The second kappa shape index (κ2) is 6.48. The van der Waals surface area contributed by atoms with Crippen molar-refractivity contribution in [2.24, 2.45) is 0 Å². The van der Waals surface area contributed by atoms with Crippen molar-refractivity contribution in [1.29, 1.82) is 0 Å². The molecule has 0 radical (unpaired) electrons. The summed E-state index contributed by atoms with van der Waals surface area (Å²) in [5.41, 5.74) is 3.85. The molecule has 1 amide bonds. The molecule has 4 heteroatoms. The summed E-state index contributed by atoms with van der Waals surface area (Å²) < 4.78 is 0. The fourth-order valence-electron chi connectivity index (χ4n) is 3.70. The maximum absolute atomic E-state index is 13.1. The van der Waals surface area contributed by atoms with Gasteiger partial charge in [-0.2, -0.15) is 0 Å². The number of hydrogen-bond donors (Lipinski definition) is 2. The van der Waals surface area contributed by atoms with Crippen molar-refractivity contribution in [3.05, 3.63) is 90.0 Å². The molecular weight excluding hydrogens is 326 g/mol. The Kier molecular flexibility index (Phi) is 4.01. The normalized spacial score (nSPS) is 17.7. The Labute approximate surface area is 151 Å². The molecule has 4 nitrogen and oxygen atoms in total. The van der Waals surface area contributed by atoms with E-state index in [-0.39, 0.29) is 5.91 Å². The largest absolute Gasteiger partial charge is 0.481 e. The summed E-state index contributed by atoms with van der Waals surface area (Å²) in [5.74, 6) is -3.03. The van der Waals surface area contributed by atoms with E-state index in [1.165, 1.54) is 0 Å². The van der Waals surface area contributed by atoms with Crippen LogP contribution in [0.4, 0.5) is 5.69 Å². The lowest BCUT2D eigenvalue weighted by atomic mass is 9.71. The minimum Gasteiger partial charge on any atom is -0.481 e. The van der Waals surface area contributed by atoms with E-state index < -0.39 is 17.8 Å². The first-order valence-corrected chi connectivity index (χ1v) is 8.44. The molecule has 0 fully saturated rings. The third kappa shape index (κ3) is 2.65. The fourth-order valence-corrected chi connectivity index (χ4v) is 3.70. The number of hydrogen-bond acceptors (Lipinski definition) is 2. The molecular formula is C22H17NO3. The highest BCUT2D eigenvalue weighted by molar-refractivity contribution is 6.03. The van der Waals surface area contributed by atoms with Crippen LogP contribution in [0.5, 0.6) is 0 Å². The van der Waals surface area contributed by atoms with Gasteiger partial charge in [-0.15, -0.1) is 0 Å². The van der Waals surface area contributed by atoms with Crippen molar-refractivity contribution < 1.29 is 14.7 Å². The predicted molar refractivity (Wildman–Crippen MR) is 100 cm³/mol. The molecule has 0 bridgehead atoms. The summed E-state index contributed by atoms with van der Waals surface area (Å²) in [6, 6.07) is 24.0. The van der Waals surface area contributed by atoms with E-state index >= 15 is 0 Å². The number of aliphatic carboxylic acids is 1. The molecule has 0 spiro atoms. The Morgan fingerprint density at radius 3 is 1.77 bits per heavy atom. The molecule has 0 aliphatic heterocycles. The zero-order valence-electron chi connectivity index (χ0n) is 13.9. The monoisotopic (exact) mass is 343 g/mol.